The van der Waals surface area contributed by atoms with Gasteiger partial charge >= 0.3 is 0 Å². The maximum Gasteiger partial charge on any atom is 0.219 e. The number of aliphatic hydroxyl groups excluding tert-OH is 1. The summed E-state index contributed by atoms with van der Waals surface area (Å²) in [6, 6.07) is 11.5. The Kier molecular flexibility index (Phi) is 4.91. The summed E-state index contributed by atoms with van der Waals surface area (Å²) in [6.45, 7) is 3.99. The number of rotatable bonds is 5. The van der Waals surface area contributed by atoms with E-state index >= 15 is 0 Å². The minimum absolute atomic E-state index is 0.0115. The lowest BCUT2D eigenvalue weighted by molar-refractivity contribution is 0.281. The second-order valence-electron chi connectivity index (χ2n) is 4.46. The van der Waals surface area contributed by atoms with Gasteiger partial charge in [-0.2, -0.15) is 0 Å². The number of ether oxygens (including phenoxy) is 1. The Bertz CT molecular complexity index is 583. The van der Waals surface area contributed by atoms with Crippen molar-refractivity contribution in [3.63, 3.8) is 0 Å². The van der Waals surface area contributed by atoms with Gasteiger partial charge < -0.3 is 9.84 Å². The molecule has 1 N–H and O–H groups in total. The maximum absolute atomic E-state index is 9.29. The first-order chi connectivity index (χ1) is 9.76. The SMILES string of the molecule is C/C=C/c1ccccc1Oc1cc(CO)cc(CC)n1. The van der Waals surface area contributed by atoms with Gasteiger partial charge in [-0.05, 0) is 31.0 Å². The van der Waals surface area contributed by atoms with Crippen LogP contribution in [0.5, 0.6) is 11.6 Å². The Morgan fingerprint density at radius 2 is 2.05 bits per heavy atom. The summed E-state index contributed by atoms with van der Waals surface area (Å²) in [4.78, 5) is 4.44. The summed E-state index contributed by atoms with van der Waals surface area (Å²) >= 11 is 0. The number of benzene rings is 1. The zero-order valence-corrected chi connectivity index (χ0v) is 11.8. The van der Waals surface area contributed by atoms with Crippen LogP contribution in [0.4, 0.5) is 0 Å². The van der Waals surface area contributed by atoms with E-state index < -0.39 is 0 Å². The van der Waals surface area contributed by atoms with E-state index in [1.54, 1.807) is 6.07 Å². The molecule has 2 aromatic rings. The van der Waals surface area contributed by atoms with Gasteiger partial charge in [0.2, 0.25) is 5.88 Å². The molecule has 0 amide bonds. The molecule has 0 aliphatic carbocycles. The molecule has 0 fully saturated rings. The van der Waals surface area contributed by atoms with Crippen LogP contribution in [0.1, 0.15) is 30.7 Å². The fourth-order valence-electron chi connectivity index (χ4n) is 1.95. The zero-order valence-electron chi connectivity index (χ0n) is 11.8. The van der Waals surface area contributed by atoms with Gasteiger partial charge in [0.25, 0.3) is 0 Å². The number of hydrogen-bond acceptors (Lipinski definition) is 3. The predicted octanol–water partition coefficient (Wildman–Crippen LogP) is 3.96. The van der Waals surface area contributed by atoms with E-state index in [4.69, 9.17) is 4.74 Å². The van der Waals surface area contributed by atoms with Crippen molar-refractivity contribution < 1.29 is 9.84 Å². The van der Waals surface area contributed by atoms with Gasteiger partial charge in [-0.25, -0.2) is 4.98 Å². The Balaban J connectivity index is 2.34. The van der Waals surface area contributed by atoms with Crippen LogP contribution in [0.25, 0.3) is 6.08 Å². The number of aliphatic hydroxyl groups is 1. The van der Waals surface area contributed by atoms with Crippen LogP contribution in [-0.2, 0) is 13.0 Å². The number of aromatic nitrogens is 1. The maximum atomic E-state index is 9.29. The number of para-hydroxylation sites is 1. The summed E-state index contributed by atoms with van der Waals surface area (Å²) in [7, 11) is 0. The molecule has 0 atom stereocenters. The van der Waals surface area contributed by atoms with Gasteiger partial charge in [-0.15, -0.1) is 0 Å². The molecule has 0 aliphatic heterocycles. The van der Waals surface area contributed by atoms with Crippen molar-refractivity contribution in [2.24, 2.45) is 0 Å². The highest BCUT2D eigenvalue weighted by atomic mass is 16.5. The van der Waals surface area contributed by atoms with Crippen LogP contribution >= 0.6 is 0 Å². The monoisotopic (exact) mass is 269 g/mol. The van der Waals surface area contributed by atoms with Crippen LogP contribution < -0.4 is 4.74 Å². The van der Waals surface area contributed by atoms with Crippen LogP contribution in [-0.4, -0.2) is 10.1 Å². The molecule has 0 unspecified atom stereocenters. The lowest BCUT2D eigenvalue weighted by atomic mass is 10.2. The molecule has 0 spiro atoms. The van der Waals surface area contributed by atoms with E-state index in [0.717, 1.165) is 29.0 Å². The number of pyridine rings is 1. The Hall–Kier alpha value is -2.13. The predicted molar refractivity (Wildman–Crippen MR) is 80.8 cm³/mol. The quantitative estimate of drug-likeness (QED) is 0.893. The highest BCUT2D eigenvalue weighted by molar-refractivity contribution is 5.57. The average Bonchev–Trinajstić information content (AvgIpc) is 2.49. The first-order valence-electron chi connectivity index (χ1n) is 6.77. The highest BCUT2D eigenvalue weighted by Crippen LogP contribution is 2.26. The summed E-state index contributed by atoms with van der Waals surface area (Å²) in [5.41, 5.74) is 2.73. The fourth-order valence-corrected chi connectivity index (χ4v) is 1.95. The second-order valence-corrected chi connectivity index (χ2v) is 4.46. The molecule has 0 radical (unpaired) electrons. The van der Waals surface area contributed by atoms with Gasteiger partial charge in [0, 0.05) is 17.3 Å². The molecule has 1 aromatic carbocycles. The minimum atomic E-state index is -0.0115. The molecular weight excluding hydrogens is 250 g/mol. The lowest BCUT2D eigenvalue weighted by Crippen LogP contribution is -1.97. The number of nitrogens with zero attached hydrogens (tertiary/aromatic N) is 1. The van der Waals surface area contributed by atoms with Crippen molar-refractivity contribution in [2.45, 2.75) is 26.9 Å². The van der Waals surface area contributed by atoms with E-state index in [-0.39, 0.29) is 6.61 Å². The lowest BCUT2D eigenvalue weighted by Gasteiger charge is -2.10. The smallest absolute Gasteiger partial charge is 0.219 e. The van der Waals surface area contributed by atoms with Crippen molar-refractivity contribution in [1.82, 2.24) is 4.98 Å². The first kappa shape index (κ1) is 14.3. The Morgan fingerprint density at radius 3 is 2.75 bits per heavy atom. The molecule has 1 aromatic heterocycles. The van der Waals surface area contributed by atoms with Crippen LogP contribution in [0.2, 0.25) is 0 Å². The van der Waals surface area contributed by atoms with E-state index in [1.807, 2.05) is 56.3 Å². The summed E-state index contributed by atoms with van der Waals surface area (Å²) in [5.74, 6) is 1.28. The normalized spacial score (nSPS) is 10.9. The highest BCUT2D eigenvalue weighted by Gasteiger charge is 2.06. The third kappa shape index (κ3) is 3.45. The van der Waals surface area contributed by atoms with Crippen LogP contribution in [0.3, 0.4) is 0 Å². The van der Waals surface area contributed by atoms with E-state index in [1.165, 1.54) is 0 Å². The van der Waals surface area contributed by atoms with E-state index in [9.17, 15) is 5.11 Å². The van der Waals surface area contributed by atoms with Crippen molar-refractivity contribution in [3.8, 4) is 11.6 Å². The molecular formula is C17H19NO2. The molecule has 0 saturated heterocycles. The van der Waals surface area contributed by atoms with Gasteiger partial charge in [0.15, 0.2) is 0 Å². The van der Waals surface area contributed by atoms with Gasteiger partial charge in [0.05, 0.1) is 6.61 Å². The molecule has 2 rings (SSSR count). The molecule has 104 valence electrons. The van der Waals surface area contributed by atoms with Crippen LogP contribution in [0.15, 0.2) is 42.5 Å². The molecule has 1 heterocycles. The topological polar surface area (TPSA) is 42.4 Å². The van der Waals surface area contributed by atoms with Crippen molar-refractivity contribution in [1.29, 1.82) is 0 Å². The minimum Gasteiger partial charge on any atom is -0.438 e. The number of aryl methyl sites for hydroxylation is 1. The van der Waals surface area contributed by atoms with Crippen molar-refractivity contribution in [3.05, 3.63) is 59.3 Å². The average molecular weight is 269 g/mol. The largest absolute Gasteiger partial charge is 0.438 e. The van der Waals surface area contributed by atoms with Gasteiger partial charge in [-0.1, -0.05) is 37.3 Å². The summed E-state index contributed by atoms with van der Waals surface area (Å²) < 4.78 is 5.87. The molecule has 3 nitrogen and oxygen atoms in total. The molecule has 0 aliphatic rings. The third-order valence-corrected chi connectivity index (χ3v) is 2.94. The molecule has 3 heteroatoms. The van der Waals surface area contributed by atoms with E-state index in [0.29, 0.717) is 5.88 Å². The molecule has 0 saturated carbocycles. The number of allylic oxidation sites excluding steroid dienone is 1. The number of hydrogen-bond donors (Lipinski definition) is 1. The summed E-state index contributed by atoms with van der Waals surface area (Å²) in [5, 5.41) is 9.29. The second kappa shape index (κ2) is 6.87. The Labute approximate surface area is 119 Å². The fraction of sp³-hybridized carbons (Fsp3) is 0.235. The van der Waals surface area contributed by atoms with Crippen LogP contribution in [0, 0.1) is 0 Å². The van der Waals surface area contributed by atoms with E-state index in [2.05, 4.69) is 4.98 Å². The molecule has 20 heavy (non-hydrogen) atoms. The third-order valence-electron chi connectivity index (χ3n) is 2.94. The van der Waals surface area contributed by atoms with Crippen molar-refractivity contribution in [2.75, 3.05) is 0 Å². The Morgan fingerprint density at radius 1 is 1.25 bits per heavy atom. The van der Waals surface area contributed by atoms with Gasteiger partial charge in [0.1, 0.15) is 5.75 Å². The standard InChI is InChI=1S/C17H19NO2/c1-3-7-14-8-5-6-9-16(14)20-17-11-13(12-19)10-15(4-2)18-17/h3,5-11,19H,4,12H2,1-2H3/b7-3+. The molecule has 0 bridgehead atoms. The first-order valence-corrected chi connectivity index (χ1v) is 6.77. The van der Waals surface area contributed by atoms with Crippen molar-refractivity contribution >= 4 is 6.08 Å². The zero-order chi connectivity index (χ0) is 14.4. The summed E-state index contributed by atoms with van der Waals surface area (Å²) in [6.07, 6.45) is 4.77. The van der Waals surface area contributed by atoms with Gasteiger partial charge in [-0.3, -0.25) is 0 Å².